The Kier molecular flexibility index (Phi) is 4.12. The van der Waals surface area contributed by atoms with Gasteiger partial charge in [-0.2, -0.15) is 0 Å². The number of ketones is 3. The third-order valence-electron chi connectivity index (χ3n) is 3.24. The van der Waals surface area contributed by atoms with Gasteiger partial charge in [0, 0.05) is 17.6 Å². The molecule has 6 nitrogen and oxygen atoms in total. The molecular formula is C16H14O6. The lowest BCUT2D eigenvalue weighted by Gasteiger charge is -2.15. The van der Waals surface area contributed by atoms with Crippen LogP contribution in [0.15, 0.2) is 29.9 Å². The molecule has 0 amide bonds. The van der Waals surface area contributed by atoms with E-state index in [1.165, 1.54) is 12.2 Å². The molecule has 6 heteroatoms. The first kappa shape index (κ1) is 15.5. The number of hydrogen-bond acceptors (Lipinski definition) is 6. The van der Waals surface area contributed by atoms with Crippen LogP contribution >= 0.6 is 0 Å². The van der Waals surface area contributed by atoms with Crippen molar-refractivity contribution >= 4 is 17.3 Å². The Morgan fingerprint density at radius 3 is 2.50 bits per heavy atom. The number of phenols is 3. The van der Waals surface area contributed by atoms with Crippen molar-refractivity contribution in [2.24, 2.45) is 0 Å². The second-order valence-electron chi connectivity index (χ2n) is 4.86. The second-order valence-corrected chi connectivity index (χ2v) is 4.86. The van der Waals surface area contributed by atoms with Crippen molar-refractivity contribution < 1.29 is 29.7 Å². The molecule has 0 bridgehead atoms. The van der Waals surface area contributed by atoms with Crippen LogP contribution in [0, 0.1) is 0 Å². The van der Waals surface area contributed by atoms with E-state index in [4.69, 9.17) is 0 Å². The van der Waals surface area contributed by atoms with Gasteiger partial charge in [0.1, 0.15) is 0 Å². The van der Waals surface area contributed by atoms with Gasteiger partial charge in [-0.1, -0.05) is 6.92 Å². The van der Waals surface area contributed by atoms with E-state index in [1.807, 2.05) is 6.92 Å². The van der Waals surface area contributed by atoms with Crippen molar-refractivity contribution in [2.75, 3.05) is 0 Å². The van der Waals surface area contributed by atoms with Crippen molar-refractivity contribution in [1.82, 2.24) is 0 Å². The maximum absolute atomic E-state index is 12.3. The molecule has 0 unspecified atom stereocenters. The van der Waals surface area contributed by atoms with Crippen molar-refractivity contribution in [3.63, 3.8) is 0 Å². The van der Waals surface area contributed by atoms with Gasteiger partial charge in [0.15, 0.2) is 28.8 Å². The van der Waals surface area contributed by atoms with Gasteiger partial charge in [0.2, 0.25) is 5.75 Å². The topological polar surface area (TPSA) is 112 Å². The lowest BCUT2D eigenvalue weighted by Crippen LogP contribution is -2.16. The molecule has 22 heavy (non-hydrogen) atoms. The molecule has 0 saturated carbocycles. The maximum atomic E-state index is 12.3. The third kappa shape index (κ3) is 2.63. The Hall–Kier alpha value is -2.89. The molecule has 0 aromatic heterocycles. The fourth-order valence-electron chi connectivity index (χ4n) is 2.13. The van der Waals surface area contributed by atoms with Gasteiger partial charge in [-0.15, -0.1) is 0 Å². The Labute approximate surface area is 126 Å². The number of carbonyl (C=O) groups excluding carboxylic acids is 3. The number of carbonyl (C=O) groups is 3. The van der Waals surface area contributed by atoms with Gasteiger partial charge in [0.25, 0.3) is 0 Å². The highest BCUT2D eigenvalue weighted by Gasteiger charge is 2.30. The Bertz CT molecular complexity index is 739. The van der Waals surface area contributed by atoms with Crippen LogP contribution in [-0.4, -0.2) is 32.7 Å². The summed E-state index contributed by atoms with van der Waals surface area (Å²) in [7, 11) is 0. The summed E-state index contributed by atoms with van der Waals surface area (Å²) in [6, 6.07) is 0.920. The van der Waals surface area contributed by atoms with Crippen molar-refractivity contribution in [2.45, 2.75) is 19.8 Å². The molecule has 1 aliphatic carbocycles. The number of fused-ring (bicyclic) bond motifs is 1. The SMILES string of the molecule is CCCC(=O)/C=C/C1=CC(=O)c2cc(O)c(O)c(O)c2C1=O. The third-order valence-corrected chi connectivity index (χ3v) is 3.24. The summed E-state index contributed by atoms with van der Waals surface area (Å²) in [5.74, 6) is -3.92. The van der Waals surface area contributed by atoms with Crippen LogP contribution in [0.1, 0.15) is 40.5 Å². The second kappa shape index (κ2) is 5.85. The van der Waals surface area contributed by atoms with Gasteiger partial charge in [-0.25, -0.2) is 0 Å². The number of aromatic hydroxyl groups is 3. The van der Waals surface area contributed by atoms with Crippen LogP contribution in [-0.2, 0) is 4.79 Å². The fraction of sp³-hybridized carbons (Fsp3) is 0.188. The van der Waals surface area contributed by atoms with Gasteiger partial charge in [-0.05, 0) is 30.7 Å². The van der Waals surface area contributed by atoms with Crippen LogP contribution in [0.25, 0.3) is 0 Å². The van der Waals surface area contributed by atoms with Crippen molar-refractivity contribution in [3.8, 4) is 17.2 Å². The summed E-state index contributed by atoms with van der Waals surface area (Å²) in [4.78, 5) is 35.7. The van der Waals surface area contributed by atoms with Crippen molar-refractivity contribution in [3.05, 3.63) is 41.0 Å². The molecule has 0 heterocycles. The smallest absolute Gasteiger partial charge is 0.201 e. The molecule has 3 N–H and O–H groups in total. The van der Waals surface area contributed by atoms with E-state index in [9.17, 15) is 29.7 Å². The summed E-state index contributed by atoms with van der Waals surface area (Å²) in [5, 5.41) is 28.7. The van der Waals surface area contributed by atoms with Crippen LogP contribution in [0.5, 0.6) is 17.2 Å². The zero-order chi connectivity index (χ0) is 16.4. The Morgan fingerprint density at radius 1 is 1.18 bits per heavy atom. The number of allylic oxidation sites excluding steroid dienone is 4. The molecular weight excluding hydrogens is 288 g/mol. The predicted molar refractivity (Wildman–Crippen MR) is 77.2 cm³/mol. The minimum Gasteiger partial charge on any atom is -0.504 e. The standard InChI is InChI=1S/C16H14O6/c1-2-3-9(17)5-4-8-6-11(18)10-7-12(19)15(21)16(22)13(10)14(8)20/h4-7,19,21-22H,2-3H2,1H3/b5-4+. The van der Waals surface area contributed by atoms with Crippen molar-refractivity contribution in [1.29, 1.82) is 0 Å². The fourth-order valence-corrected chi connectivity index (χ4v) is 2.13. The van der Waals surface area contributed by atoms with E-state index in [0.29, 0.717) is 12.8 Å². The summed E-state index contributed by atoms with van der Waals surface area (Å²) < 4.78 is 0. The number of benzene rings is 1. The first-order chi connectivity index (χ1) is 10.4. The molecule has 0 aliphatic heterocycles. The number of hydrogen-bond donors (Lipinski definition) is 3. The van der Waals surface area contributed by atoms with E-state index in [2.05, 4.69) is 0 Å². The summed E-state index contributed by atoms with van der Waals surface area (Å²) in [5.41, 5.74) is -0.650. The maximum Gasteiger partial charge on any atom is 0.201 e. The predicted octanol–water partition coefficient (Wildman–Crippen LogP) is 2.03. The molecule has 0 radical (unpaired) electrons. The molecule has 0 saturated heterocycles. The van der Waals surface area contributed by atoms with Crippen LogP contribution in [0.4, 0.5) is 0 Å². The van der Waals surface area contributed by atoms with Crippen LogP contribution in [0.2, 0.25) is 0 Å². The summed E-state index contributed by atoms with van der Waals surface area (Å²) in [6.07, 6.45) is 4.41. The number of rotatable bonds is 4. The van der Waals surface area contributed by atoms with E-state index < -0.39 is 28.8 Å². The van der Waals surface area contributed by atoms with Crippen LogP contribution < -0.4 is 0 Å². The highest BCUT2D eigenvalue weighted by atomic mass is 16.3. The van der Waals surface area contributed by atoms with Gasteiger partial charge in [0.05, 0.1) is 5.56 Å². The van der Waals surface area contributed by atoms with E-state index >= 15 is 0 Å². The first-order valence-corrected chi connectivity index (χ1v) is 6.66. The molecule has 0 atom stereocenters. The molecule has 1 aromatic carbocycles. The number of Topliss-reactive ketones (excluding diaryl/α,β-unsaturated/α-hetero) is 1. The molecule has 114 valence electrons. The Morgan fingerprint density at radius 2 is 1.86 bits per heavy atom. The monoisotopic (exact) mass is 302 g/mol. The number of phenolic OH excluding ortho intramolecular Hbond substituents is 3. The van der Waals surface area contributed by atoms with E-state index in [0.717, 1.165) is 12.1 Å². The minimum absolute atomic E-state index is 0.0673. The molecule has 1 aromatic rings. The van der Waals surface area contributed by atoms with Crippen LogP contribution in [0.3, 0.4) is 0 Å². The normalized spacial score (nSPS) is 14.1. The Balaban J connectivity index is 2.46. The van der Waals surface area contributed by atoms with Gasteiger partial charge < -0.3 is 15.3 Å². The largest absolute Gasteiger partial charge is 0.504 e. The lowest BCUT2D eigenvalue weighted by molar-refractivity contribution is -0.114. The quantitative estimate of drug-likeness (QED) is 0.579. The zero-order valence-corrected chi connectivity index (χ0v) is 11.8. The average Bonchev–Trinajstić information content (AvgIpc) is 2.47. The summed E-state index contributed by atoms with van der Waals surface area (Å²) >= 11 is 0. The lowest BCUT2D eigenvalue weighted by atomic mass is 9.88. The van der Waals surface area contributed by atoms with Gasteiger partial charge >= 0.3 is 0 Å². The summed E-state index contributed by atoms with van der Waals surface area (Å²) in [6.45, 7) is 1.84. The zero-order valence-electron chi connectivity index (χ0n) is 11.8. The van der Waals surface area contributed by atoms with E-state index in [-0.39, 0.29) is 22.5 Å². The van der Waals surface area contributed by atoms with Gasteiger partial charge in [-0.3, -0.25) is 14.4 Å². The molecule has 0 fully saturated rings. The van der Waals surface area contributed by atoms with E-state index in [1.54, 1.807) is 0 Å². The molecule has 2 rings (SSSR count). The highest BCUT2D eigenvalue weighted by Crippen LogP contribution is 2.42. The minimum atomic E-state index is -0.868. The molecule has 1 aliphatic rings. The highest BCUT2D eigenvalue weighted by molar-refractivity contribution is 6.27. The molecule has 0 spiro atoms. The average molecular weight is 302 g/mol. The first-order valence-electron chi connectivity index (χ1n) is 6.66.